The van der Waals surface area contributed by atoms with Crippen molar-refractivity contribution < 1.29 is 14.4 Å². The molecular formula is C23H14Br2ClN3O3S. The highest BCUT2D eigenvalue weighted by atomic mass is 79.9. The van der Waals surface area contributed by atoms with Gasteiger partial charge in [-0.05, 0) is 60.7 Å². The molecule has 0 fully saturated rings. The summed E-state index contributed by atoms with van der Waals surface area (Å²) in [5.74, 6) is -1.28. The van der Waals surface area contributed by atoms with Crippen LogP contribution in [-0.2, 0) is 0 Å². The van der Waals surface area contributed by atoms with Gasteiger partial charge >= 0.3 is 0 Å². The highest BCUT2D eigenvalue weighted by Crippen LogP contribution is 2.36. The van der Waals surface area contributed by atoms with Crippen molar-refractivity contribution in [3.8, 4) is 0 Å². The average molecular weight is 608 g/mol. The van der Waals surface area contributed by atoms with Crippen LogP contribution in [0.5, 0.6) is 0 Å². The van der Waals surface area contributed by atoms with Crippen LogP contribution < -0.4 is 16.2 Å². The van der Waals surface area contributed by atoms with E-state index in [0.29, 0.717) is 26.7 Å². The van der Waals surface area contributed by atoms with Crippen molar-refractivity contribution >= 4 is 88.3 Å². The van der Waals surface area contributed by atoms with E-state index in [9.17, 15) is 14.4 Å². The predicted molar refractivity (Wildman–Crippen MR) is 138 cm³/mol. The van der Waals surface area contributed by atoms with Gasteiger partial charge in [-0.2, -0.15) is 0 Å². The zero-order chi connectivity index (χ0) is 23.5. The first kappa shape index (κ1) is 23.4. The number of halogens is 3. The normalized spacial score (nSPS) is 10.6. The minimum atomic E-state index is -0.510. The molecule has 3 N–H and O–H groups in total. The summed E-state index contributed by atoms with van der Waals surface area (Å²) in [6.45, 7) is 0. The molecule has 3 aromatic carbocycles. The molecule has 6 nitrogen and oxygen atoms in total. The molecule has 4 rings (SSSR count). The van der Waals surface area contributed by atoms with Crippen molar-refractivity contribution in [1.82, 2.24) is 10.9 Å². The predicted octanol–water partition coefficient (Wildman–Crippen LogP) is 6.41. The lowest BCUT2D eigenvalue weighted by Crippen LogP contribution is -2.41. The lowest BCUT2D eigenvalue weighted by molar-refractivity contribution is 0.0849. The molecule has 4 aromatic rings. The molecule has 0 saturated heterocycles. The van der Waals surface area contributed by atoms with Gasteiger partial charge < -0.3 is 5.32 Å². The minimum Gasteiger partial charge on any atom is -0.322 e. The number of anilines is 1. The lowest BCUT2D eigenvalue weighted by Gasteiger charge is -2.08. The van der Waals surface area contributed by atoms with Crippen LogP contribution in [0.3, 0.4) is 0 Å². The number of carbonyl (C=O) groups excluding carboxylic acids is 3. The first-order chi connectivity index (χ1) is 15.8. The molecule has 1 heterocycles. The molecule has 0 unspecified atom stereocenters. The van der Waals surface area contributed by atoms with Gasteiger partial charge in [-0.1, -0.05) is 49.5 Å². The number of hydrazine groups is 1. The van der Waals surface area contributed by atoms with Gasteiger partial charge in [0.25, 0.3) is 17.7 Å². The van der Waals surface area contributed by atoms with Crippen molar-refractivity contribution in [2.45, 2.75) is 0 Å². The Morgan fingerprint density at radius 1 is 0.727 bits per heavy atom. The van der Waals surface area contributed by atoms with Gasteiger partial charge in [0.15, 0.2) is 0 Å². The molecule has 0 radical (unpaired) electrons. The number of hydrogen-bond acceptors (Lipinski definition) is 4. The molecule has 0 aliphatic rings. The zero-order valence-electron chi connectivity index (χ0n) is 16.6. The van der Waals surface area contributed by atoms with Crippen LogP contribution in [0.4, 0.5) is 5.69 Å². The van der Waals surface area contributed by atoms with Gasteiger partial charge in [-0.25, -0.2) is 0 Å². The maximum absolute atomic E-state index is 12.5. The van der Waals surface area contributed by atoms with E-state index in [4.69, 9.17) is 11.6 Å². The molecule has 33 heavy (non-hydrogen) atoms. The minimum absolute atomic E-state index is 0.265. The van der Waals surface area contributed by atoms with E-state index in [-0.39, 0.29) is 5.91 Å². The van der Waals surface area contributed by atoms with Crippen LogP contribution in [-0.4, -0.2) is 17.7 Å². The number of benzene rings is 3. The zero-order valence-corrected chi connectivity index (χ0v) is 21.4. The molecule has 0 aliphatic heterocycles. The summed E-state index contributed by atoms with van der Waals surface area (Å²) < 4.78 is 2.61. The maximum atomic E-state index is 12.5. The van der Waals surface area contributed by atoms with Crippen LogP contribution in [0.1, 0.15) is 30.4 Å². The Morgan fingerprint density at radius 3 is 2.00 bits per heavy atom. The Morgan fingerprint density at radius 2 is 1.30 bits per heavy atom. The fourth-order valence-electron chi connectivity index (χ4n) is 2.94. The molecule has 0 saturated carbocycles. The third kappa shape index (κ3) is 5.44. The van der Waals surface area contributed by atoms with E-state index < -0.39 is 11.8 Å². The molecule has 0 atom stereocenters. The number of nitrogens with one attached hydrogen (secondary N) is 3. The van der Waals surface area contributed by atoms with Gasteiger partial charge in [0, 0.05) is 35.8 Å². The summed E-state index contributed by atoms with van der Waals surface area (Å²) in [7, 11) is 0. The highest BCUT2D eigenvalue weighted by Gasteiger charge is 2.18. The number of fused-ring (bicyclic) bond motifs is 1. The maximum Gasteiger partial charge on any atom is 0.281 e. The summed E-state index contributed by atoms with van der Waals surface area (Å²) in [5.41, 5.74) is 6.12. The van der Waals surface area contributed by atoms with Crippen LogP contribution >= 0.6 is 54.8 Å². The van der Waals surface area contributed by atoms with Crippen molar-refractivity contribution in [1.29, 1.82) is 0 Å². The molecule has 1 aromatic heterocycles. The smallest absolute Gasteiger partial charge is 0.281 e. The summed E-state index contributed by atoms with van der Waals surface area (Å²) in [6.07, 6.45) is 0. The van der Waals surface area contributed by atoms with E-state index in [1.165, 1.54) is 11.3 Å². The van der Waals surface area contributed by atoms with Crippen molar-refractivity contribution in [2.75, 3.05) is 5.32 Å². The molecule has 166 valence electrons. The standard InChI is InChI=1S/C23H14Br2ClN3O3S/c24-14-5-1-12(2-6-14)21(30)27-16-8-3-13(4-9-16)22(31)28-29-23(32)20-19(26)17-10-7-15(25)11-18(17)33-20/h1-11H,(H,27,30)(H,28,31)(H,29,32). The number of thiophene rings is 1. The highest BCUT2D eigenvalue weighted by molar-refractivity contribution is 9.10. The number of amides is 3. The summed E-state index contributed by atoms with van der Waals surface area (Å²) >= 11 is 14.3. The quantitative estimate of drug-likeness (QED) is 0.235. The van der Waals surface area contributed by atoms with Crippen molar-refractivity contribution in [3.63, 3.8) is 0 Å². The average Bonchev–Trinajstić information content (AvgIpc) is 3.13. The van der Waals surface area contributed by atoms with Gasteiger partial charge in [-0.3, -0.25) is 25.2 Å². The van der Waals surface area contributed by atoms with Gasteiger partial charge in [0.2, 0.25) is 0 Å². The first-order valence-corrected chi connectivity index (χ1v) is 12.2. The molecule has 0 aliphatic carbocycles. The van der Waals surface area contributed by atoms with Gasteiger partial charge in [-0.15, -0.1) is 11.3 Å². The third-order valence-corrected chi connectivity index (χ3v) is 7.28. The topological polar surface area (TPSA) is 87.3 Å². The second-order valence-corrected chi connectivity index (χ2v) is 10.1. The number of rotatable bonds is 4. The monoisotopic (exact) mass is 605 g/mol. The SMILES string of the molecule is O=C(NNC(=O)c1sc2cc(Br)ccc2c1Cl)c1ccc(NC(=O)c2ccc(Br)cc2)cc1. The van der Waals surface area contributed by atoms with E-state index in [0.717, 1.165) is 19.0 Å². The Hall–Kier alpha value is -2.72. The Labute approximate surface area is 214 Å². The van der Waals surface area contributed by atoms with Crippen molar-refractivity contribution in [2.24, 2.45) is 0 Å². The van der Waals surface area contributed by atoms with Crippen LogP contribution in [0.25, 0.3) is 10.1 Å². The Bertz CT molecular complexity index is 1370. The largest absolute Gasteiger partial charge is 0.322 e. The second-order valence-electron chi connectivity index (χ2n) is 6.83. The van der Waals surface area contributed by atoms with E-state index in [1.807, 2.05) is 18.2 Å². The Balaban J connectivity index is 1.37. The van der Waals surface area contributed by atoms with E-state index in [1.54, 1.807) is 48.5 Å². The van der Waals surface area contributed by atoms with Crippen molar-refractivity contribution in [3.05, 3.63) is 96.7 Å². The summed E-state index contributed by atoms with van der Waals surface area (Å²) in [4.78, 5) is 37.5. The number of hydrogen-bond donors (Lipinski definition) is 3. The van der Waals surface area contributed by atoms with E-state index >= 15 is 0 Å². The Kier molecular flexibility index (Phi) is 7.14. The molecule has 0 bridgehead atoms. The first-order valence-electron chi connectivity index (χ1n) is 9.47. The summed E-state index contributed by atoms with van der Waals surface area (Å²) in [6, 6.07) is 18.8. The van der Waals surface area contributed by atoms with Crippen LogP contribution in [0.2, 0.25) is 5.02 Å². The molecule has 3 amide bonds. The summed E-state index contributed by atoms with van der Waals surface area (Å²) in [5, 5.41) is 3.87. The third-order valence-electron chi connectivity index (χ3n) is 4.60. The molecular weight excluding hydrogens is 594 g/mol. The van der Waals surface area contributed by atoms with Gasteiger partial charge in [0.1, 0.15) is 4.88 Å². The fraction of sp³-hybridized carbons (Fsp3) is 0. The fourth-order valence-corrected chi connectivity index (χ4v) is 5.17. The van der Waals surface area contributed by atoms with Gasteiger partial charge in [0.05, 0.1) is 5.02 Å². The lowest BCUT2D eigenvalue weighted by atomic mass is 10.1. The van der Waals surface area contributed by atoms with E-state index in [2.05, 4.69) is 48.0 Å². The van der Waals surface area contributed by atoms with Crippen LogP contribution in [0, 0.1) is 0 Å². The number of carbonyl (C=O) groups is 3. The van der Waals surface area contributed by atoms with Crippen LogP contribution in [0.15, 0.2) is 75.7 Å². The molecule has 0 spiro atoms. The second kappa shape index (κ2) is 10.0. The molecule has 10 heteroatoms.